The van der Waals surface area contributed by atoms with Crippen LogP contribution in [0.15, 0.2) is 17.1 Å². The second-order valence-electron chi connectivity index (χ2n) is 2.65. The molecule has 68 valence electrons. The van der Waals surface area contributed by atoms with Crippen molar-refractivity contribution >= 4 is 35.2 Å². The number of fused-ring (bicyclic) bond motifs is 1. The fourth-order valence-electron chi connectivity index (χ4n) is 1.16. The molecule has 0 spiro atoms. The average Bonchev–Trinajstić information content (AvgIpc) is 2.09. The van der Waals surface area contributed by atoms with Crippen molar-refractivity contribution in [1.82, 2.24) is 0 Å². The van der Waals surface area contributed by atoms with E-state index in [0.29, 0.717) is 15.6 Å². The van der Waals surface area contributed by atoms with Gasteiger partial charge in [0, 0.05) is 11.3 Å². The van der Waals surface area contributed by atoms with Crippen LogP contribution >= 0.6 is 23.2 Å². The maximum atomic E-state index is 9.44. The molecule has 1 aliphatic heterocycles. The van der Waals surface area contributed by atoms with Crippen molar-refractivity contribution in [2.45, 2.75) is 6.23 Å². The number of nitrogens with zero attached hydrogens (tertiary/aromatic N) is 1. The van der Waals surface area contributed by atoms with E-state index in [4.69, 9.17) is 23.2 Å². The number of aliphatic imine (C=N–C) groups is 1. The Balaban J connectivity index is 2.56. The SMILES string of the molecule is OC1N=CNc2cc(Cl)c(Cl)cc21. The van der Waals surface area contributed by atoms with Gasteiger partial charge in [-0.1, -0.05) is 23.2 Å². The molecule has 1 heterocycles. The third kappa shape index (κ3) is 1.50. The van der Waals surface area contributed by atoms with Crippen molar-refractivity contribution in [3.05, 3.63) is 27.7 Å². The van der Waals surface area contributed by atoms with Crippen molar-refractivity contribution in [1.29, 1.82) is 0 Å². The van der Waals surface area contributed by atoms with E-state index < -0.39 is 6.23 Å². The third-order valence-electron chi connectivity index (χ3n) is 1.81. The second-order valence-corrected chi connectivity index (χ2v) is 3.46. The van der Waals surface area contributed by atoms with Gasteiger partial charge < -0.3 is 10.4 Å². The highest BCUT2D eigenvalue weighted by molar-refractivity contribution is 6.42. The summed E-state index contributed by atoms with van der Waals surface area (Å²) >= 11 is 11.6. The van der Waals surface area contributed by atoms with E-state index in [9.17, 15) is 5.11 Å². The molecule has 0 radical (unpaired) electrons. The molecule has 0 amide bonds. The van der Waals surface area contributed by atoms with Gasteiger partial charge >= 0.3 is 0 Å². The van der Waals surface area contributed by atoms with Crippen molar-refractivity contribution in [2.24, 2.45) is 4.99 Å². The number of rotatable bonds is 0. The maximum Gasteiger partial charge on any atom is 0.175 e. The lowest BCUT2D eigenvalue weighted by molar-refractivity contribution is 0.189. The van der Waals surface area contributed by atoms with Gasteiger partial charge in [-0.2, -0.15) is 0 Å². The molecule has 2 N–H and O–H groups in total. The average molecular weight is 217 g/mol. The van der Waals surface area contributed by atoms with Gasteiger partial charge in [0.1, 0.15) is 0 Å². The van der Waals surface area contributed by atoms with Crippen LogP contribution in [0, 0.1) is 0 Å². The van der Waals surface area contributed by atoms with Crippen LogP contribution in [0.1, 0.15) is 11.8 Å². The number of hydrogen-bond acceptors (Lipinski definition) is 3. The summed E-state index contributed by atoms with van der Waals surface area (Å²) in [6, 6.07) is 3.26. The summed E-state index contributed by atoms with van der Waals surface area (Å²) in [5.74, 6) is 0. The molecule has 5 heteroatoms. The molecule has 1 atom stereocenters. The first-order valence-corrected chi connectivity index (χ1v) is 4.39. The Morgan fingerprint density at radius 1 is 1.31 bits per heavy atom. The summed E-state index contributed by atoms with van der Waals surface area (Å²) in [4.78, 5) is 3.76. The van der Waals surface area contributed by atoms with Crippen LogP contribution in [-0.4, -0.2) is 11.4 Å². The first kappa shape index (κ1) is 8.81. The van der Waals surface area contributed by atoms with E-state index in [2.05, 4.69) is 10.3 Å². The van der Waals surface area contributed by atoms with E-state index in [1.165, 1.54) is 6.34 Å². The number of aliphatic hydroxyl groups excluding tert-OH is 1. The van der Waals surface area contributed by atoms with Gasteiger partial charge in [-0.15, -0.1) is 0 Å². The second kappa shape index (κ2) is 3.18. The Hall–Kier alpha value is -0.770. The molecule has 1 aliphatic rings. The van der Waals surface area contributed by atoms with Crippen LogP contribution < -0.4 is 5.32 Å². The normalized spacial score (nSPS) is 19.5. The molecular formula is C8H6Cl2N2O. The minimum absolute atomic E-state index is 0.415. The highest BCUT2D eigenvalue weighted by Crippen LogP contribution is 2.34. The smallest absolute Gasteiger partial charge is 0.175 e. The first-order chi connectivity index (χ1) is 6.18. The Kier molecular flexibility index (Phi) is 2.15. The lowest BCUT2D eigenvalue weighted by Crippen LogP contribution is -2.09. The molecule has 1 aromatic carbocycles. The molecule has 13 heavy (non-hydrogen) atoms. The number of aliphatic hydroxyl groups is 1. The quantitative estimate of drug-likeness (QED) is 0.700. The Morgan fingerprint density at radius 3 is 2.77 bits per heavy atom. The Bertz CT molecular complexity index is 379. The van der Waals surface area contributed by atoms with Gasteiger partial charge in [-0.25, -0.2) is 4.99 Å². The fourth-order valence-corrected chi connectivity index (χ4v) is 1.49. The van der Waals surface area contributed by atoms with E-state index >= 15 is 0 Å². The largest absolute Gasteiger partial charge is 0.368 e. The van der Waals surface area contributed by atoms with Gasteiger partial charge in [0.2, 0.25) is 0 Å². The standard InChI is InChI=1S/C8H6Cl2N2O/c9-5-1-4-7(2-6(5)10)11-3-12-8(4)13/h1-3,8,13H,(H,11,12). The van der Waals surface area contributed by atoms with Gasteiger partial charge in [-0.05, 0) is 12.1 Å². The molecule has 0 bridgehead atoms. The van der Waals surface area contributed by atoms with Crippen LogP contribution in [-0.2, 0) is 0 Å². The molecule has 0 fully saturated rings. The van der Waals surface area contributed by atoms with Crippen LogP contribution in [0.3, 0.4) is 0 Å². The van der Waals surface area contributed by atoms with Crippen molar-refractivity contribution in [2.75, 3.05) is 5.32 Å². The lowest BCUT2D eigenvalue weighted by Gasteiger charge is -2.17. The van der Waals surface area contributed by atoms with Crippen molar-refractivity contribution in [3.63, 3.8) is 0 Å². The first-order valence-electron chi connectivity index (χ1n) is 3.63. The zero-order valence-electron chi connectivity index (χ0n) is 6.46. The van der Waals surface area contributed by atoms with Crippen LogP contribution in [0.4, 0.5) is 5.69 Å². The molecule has 0 saturated carbocycles. The molecule has 3 nitrogen and oxygen atoms in total. The fraction of sp³-hybridized carbons (Fsp3) is 0.125. The summed E-state index contributed by atoms with van der Waals surface area (Å²) in [6.07, 6.45) is 0.572. The number of hydrogen-bond donors (Lipinski definition) is 2. The van der Waals surface area contributed by atoms with Crippen molar-refractivity contribution < 1.29 is 5.11 Å². The predicted molar refractivity (Wildman–Crippen MR) is 53.5 cm³/mol. The Labute approximate surface area is 85.0 Å². The Morgan fingerprint density at radius 2 is 2.00 bits per heavy atom. The summed E-state index contributed by atoms with van der Waals surface area (Å²) in [5.41, 5.74) is 1.37. The molecule has 2 rings (SSSR count). The van der Waals surface area contributed by atoms with Gasteiger partial charge in [0.05, 0.1) is 16.4 Å². The molecule has 0 aromatic heterocycles. The number of anilines is 1. The van der Waals surface area contributed by atoms with Gasteiger partial charge in [0.25, 0.3) is 0 Å². The zero-order valence-corrected chi connectivity index (χ0v) is 7.97. The van der Waals surface area contributed by atoms with E-state index in [-0.39, 0.29) is 0 Å². The highest BCUT2D eigenvalue weighted by Gasteiger charge is 2.16. The monoisotopic (exact) mass is 216 g/mol. The van der Waals surface area contributed by atoms with E-state index in [1.54, 1.807) is 12.1 Å². The summed E-state index contributed by atoms with van der Waals surface area (Å²) in [6.45, 7) is 0. The summed E-state index contributed by atoms with van der Waals surface area (Å²) < 4.78 is 0. The van der Waals surface area contributed by atoms with Crippen LogP contribution in [0.25, 0.3) is 0 Å². The van der Waals surface area contributed by atoms with Gasteiger partial charge in [-0.3, -0.25) is 0 Å². The zero-order chi connectivity index (χ0) is 9.42. The van der Waals surface area contributed by atoms with Crippen LogP contribution in [0.2, 0.25) is 10.0 Å². The highest BCUT2D eigenvalue weighted by atomic mass is 35.5. The summed E-state index contributed by atoms with van der Waals surface area (Å²) in [7, 11) is 0. The molecule has 1 unspecified atom stereocenters. The molecule has 0 aliphatic carbocycles. The van der Waals surface area contributed by atoms with E-state index in [0.717, 1.165) is 5.69 Å². The third-order valence-corrected chi connectivity index (χ3v) is 2.53. The number of nitrogens with one attached hydrogen (secondary N) is 1. The predicted octanol–water partition coefficient (Wildman–Crippen LogP) is 2.44. The lowest BCUT2D eigenvalue weighted by atomic mass is 10.1. The van der Waals surface area contributed by atoms with Gasteiger partial charge in [0.15, 0.2) is 6.23 Å². The van der Waals surface area contributed by atoms with Crippen LogP contribution in [0.5, 0.6) is 0 Å². The molecule has 0 saturated heterocycles. The number of halogens is 2. The topological polar surface area (TPSA) is 44.6 Å². The molecular weight excluding hydrogens is 211 g/mol. The summed E-state index contributed by atoms with van der Waals surface area (Å²) in [5, 5.41) is 13.2. The minimum Gasteiger partial charge on any atom is -0.368 e. The van der Waals surface area contributed by atoms with E-state index in [1.807, 2.05) is 0 Å². The van der Waals surface area contributed by atoms with Crippen molar-refractivity contribution in [3.8, 4) is 0 Å². The minimum atomic E-state index is -0.856. The maximum absolute atomic E-state index is 9.44. The molecule has 1 aromatic rings. The number of benzene rings is 1.